The van der Waals surface area contributed by atoms with E-state index in [1.807, 2.05) is 0 Å². The van der Waals surface area contributed by atoms with Gasteiger partial charge in [-0.15, -0.1) is 5.10 Å². The van der Waals surface area contributed by atoms with Gasteiger partial charge in [0.15, 0.2) is 10.9 Å². The van der Waals surface area contributed by atoms with Crippen molar-refractivity contribution in [1.82, 2.24) is 14.8 Å². The van der Waals surface area contributed by atoms with Crippen LogP contribution in [0.5, 0.6) is 0 Å². The lowest BCUT2D eigenvalue weighted by atomic mass is 10.1. The van der Waals surface area contributed by atoms with Crippen molar-refractivity contribution in [3.63, 3.8) is 0 Å². The topological polar surface area (TPSA) is 67.8 Å². The van der Waals surface area contributed by atoms with Gasteiger partial charge in [-0.3, -0.25) is 9.36 Å². The van der Waals surface area contributed by atoms with Crippen LogP contribution < -0.4 is 5.69 Å². The number of Topliss-reactive ketones (excluding diaryl/α,β-unsaturated/α-hetero) is 1. The number of rotatable bonds is 4. The van der Waals surface area contributed by atoms with Gasteiger partial charge in [0.05, 0.1) is 10.3 Å². The molecule has 1 aromatic heterocycles. The van der Waals surface area contributed by atoms with Crippen LogP contribution in [0.3, 0.4) is 0 Å². The first-order valence-electron chi connectivity index (χ1n) is 5.67. The number of ketones is 1. The van der Waals surface area contributed by atoms with Gasteiger partial charge in [0, 0.05) is 17.6 Å². The minimum atomic E-state index is -0.428. The van der Waals surface area contributed by atoms with Crippen LogP contribution in [0.25, 0.3) is 0 Å². The largest absolute Gasteiger partial charge is 0.343 e. The van der Waals surface area contributed by atoms with Gasteiger partial charge >= 0.3 is 5.69 Å². The number of aromatic nitrogens is 3. The second-order valence-electron chi connectivity index (χ2n) is 4.12. The Kier molecular flexibility index (Phi) is 4.57. The molecule has 1 heterocycles. The molecule has 5 nitrogen and oxygen atoms in total. The lowest BCUT2D eigenvalue weighted by molar-refractivity contribution is 0.0994. The highest BCUT2D eigenvalue weighted by Gasteiger charge is 2.21. The van der Waals surface area contributed by atoms with Gasteiger partial charge in [0.25, 0.3) is 0 Å². The molecule has 2 aromatic rings. The summed E-state index contributed by atoms with van der Waals surface area (Å²) in [4.78, 5) is 23.6. The first kappa shape index (κ1) is 15.2. The van der Waals surface area contributed by atoms with Crippen molar-refractivity contribution < 1.29 is 4.79 Å². The van der Waals surface area contributed by atoms with E-state index in [9.17, 15) is 9.59 Å². The molecule has 0 aliphatic carbocycles. The van der Waals surface area contributed by atoms with E-state index in [1.165, 1.54) is 22.4 Å². The first-order valence-corrected chi connectivity index (χ1v) is 7.31. The van der Waals surface area contributed by atoms with Gasteiger partial charge in [-0.25, -0.2) is 9.89 Å². The molecule has 1 atom stereocenters. The Balaban J connectivity index is 2.20. The quantitative estimate of drug-likeness (QED) is 0.691. The predicted octanol–water partition coefficient (Wildman–Crippen LogP) is 2.78. The summed E-state index contributed by atoms with van der Waals surface area (Å²) in [5.74, 6) is -0.146. The van der Waals surface area contributed by atoms with Crippen molar-refractivity contribution in [2.24, 2.45) is 7.05 Å². The maximum atomic E-state index is 12.3. The van der Waals surface area contributed by atoms with Gasteiger partial charge in [-0.05, 0) is 25.1 Å². The summed E-state index contributed by atoms with van der Waals surface area (Å²) >= 11 is 13.0. The number of nitrogens with one attached hydrogen (secondary N) is 1. The summed E-state index contributed by atoms with van der Waals surface area (Å²) in [5, 5.41) is 6.97. The van der Waals surface area contributed by atoms with Gasteiger partial charge in [0.2, 0.25) is 0 Å². The summed E-state index contributed by atoms with van der Waals surface area (Å²) in [6.45, 7) is 1.73. The van der Waals surface area contributed by atoms with Crippen LogP contribution in [-0.4, -0.2) is 25.8 Å². The van der Waals surface area contributed by atoms with Crippen LogP contribution in [0.4, 0.5) is 0 Å². The highest BCUT2D eigenvalue weighted by Crippen LogP contribution is 2.27. The summed E-state index contributed by atoms with van der Waals surface area (Å²) in [7, 11) is 1.58. The third-order valence-electron chi connectivity index (χ3n) is 2.69. The molecule has 0 radical (unpaired) electrons. The van der Waals surface area contributed by atoms with Crippen molar-refractivity contribution in [2.45, 2.75) is 17.3 Å². The van der Waals surface area contributed by atoms with Crippen LogP contribution >= 0.6 is 35.0 Å². The Morgan fingerprint density at radius 3 is 2.70 bits per heavy atom. The smallest absolute Gasteiger partial charge is 0.293 e. The lowest BCUT2D eigenvalue weighted by Gasteiger charge is -2.10. The Labute approximate surface area is 129 Å². The number of nitrogens with zero attached hydrogens (tertiary/aromatic N) is 2. The predicted molar refractivity (Wildman–Crippen MR) is 79.9 cm³/mol. The second-order valence-corrected chi connectivity index (χ2v) is 6.27. The van der Waals surface area contributed by atoms with Gasteiger partial charge in [-0.1, -0.05) is 35.0 Å². The summed E-state index contributed by atoms with van der Waals surface area (Å²) in [6.07, 6.45) is 0. The fraction of sp³-hybridized carbons (Fsp3) is 0.250. The number of hydrogen-bond acceptors (Lipinski definition) is 4. The third-order valence-corrected chi connectivity index (χ3v) is 4.38. The van der Waals surface area contributed by atoms with Gasteiger partial charge in [-0.2, -0.15) is 0 Å². The number of benzene rings is 1. The molecule has 8 heteroatoms. The molecule has 0 amide bonds. The number of thioether (sulfide) groups is 1. The molecule has 0 saturated carbocycles. The van der Waals surface area contributed by atoms with E-state index in [4.69, 9.17) is 23.2 Å². The third kappa shape index (κ3) is 3.08. The van der Waals surface area contributed by atoms with Gasteiger partial charge < -0.3 is 0 Å². The number of halogens is 2. The van der Waals surface area contributed by atoms with E-state index in [0.29, 0.717) is 20.8 Å². The number of carbonyl (C=O) groups is 1. The molecule has 1 N–H and O–H groups in total. The van der Waals surface area contributed by atoms with E-state index >= 15 is 0 Å². The fourth-order valence-electron chi connectivity index (χ4n) is 1.56. The van der Waals surface area contributed by atoms with E-state index in [-0.39, 0.29) is 11.5 Å². The van der Waals surface area contributed by atoms with E-state index in [0.717, 1.165) is 0 Å². The average molecular weight is 332 g/mol. The number of H-pyrrole nitrogens is 1. The molecular weight excluding hydrogens is 321 g/mol. The zero-order valence-corrected chi connectivity index (χ0v) is 13.0. The van der Waals surface area contributed by atoms with Gasteiger partial charge in [0.1, 0.15) is 0 Å². The molecule has 1 aromatic carbocycles. The molecule has 1 unspecified atom stereocenters. The van der Waals surface area contributed by atoms with Crippen molar-refractivity contribution in [3.8, 4) is 0 Å². The molecule has 106 valence electrons. The Bertz CT molecular complexity index is 711. The maximum Gasteiger partial charge on any atom is 0.343 e. The zero-order chi connectivity index (χ0) is 14.9. The normalized spacial score (nSPS) is 12.4. The molecule has 0 spiro atoms. The Hall–Kier alpha value is -1.24. The highest BCUT2D eigenvalue weighted by atomic mass is 35.5. The van der Waals surface area contributed by atoms with Crippen LogP contribution in [-0.2, 0) is 7.05 Å². The minimum absolute atomic E-state index is 0.146. The summed E-state index contributed by atoms with van der Waals surface area (Å²) < 4.78 is 1.35. The van der Waals surface area contributed by atoms with Crippen LogP contribution in [0.1, 0.15) is 17.3 Å². The number of carbonyl (C=O) groups excluding carboxylic acids is 1. The van der Waals surface area contributed by atoms with Crippen molar-refractivity contribution in [2.75, 3.05) is 0 Å². The standard InChI is InChI=1S/C12H11Cl2N3O2S/c1-6(20-12-16-15-11(19)17(12)2)10(18)8-4-3-7(13)5-9(8)14/h3-6H,1-2H3,(H,15,19). The minimum Gasteiger partial charge on any atom is -0.293 e. The lowest BCUT2D eigenvalue weighted by Crippen LogP contribution is -2.17. The number of aromatic amines is 1. The maximum absolute atomic E-state index is 12.3. The fourth-order valence-corrected chi connectivity index (χ4v) is 2.95. The molecule has 0 saturated heterocycles. The monoisotopic (exact) mass is 331 g/mol. The summed E-state index contributed by atoms with van der Waals surface area (Å²) in [6, 6.07) is 4.73. The van der Waals surface area contributed by atoms with Crippen molar-refractivity contribution in [3.05, 3.63) is 44.3 Å². The molecular formula is C12H11Cl2N3O2S. The van der Waals surface area contributed by atoms with E-state index in [1.54, 1.807) is 26.1 Å². The van der Waals surface area contributed by atoms with E-state index < -0.39 is 5.25 Å². The average Bonchev–Trinajstić information content (AvgIpc) is 2.70. The van der Waals surface area contributed by atoms with Crippen molar-refractivity contribution >= 4 is 40.7 Å². The SMILES string of the molecule is CC(Sc1n[nH]c(=O)n1C)C(=O)c1ccc(Cl)cc1Cl. The molecule has 0 fully saturated rings. The second kappa shape index (κ2) is 6.03. The van der Waals surface area contributed by atoms with Crippen LogP contribution in [0, 0.1) is 0 Å². The Morgan fingerprint density at radius 1 is 1.45 bits per heavy atom. The number of hydrogen-bond donors (Lipinski definition) is 1. The van der Waals surface area contributed by atoms with E-state index in [2.05, 4.69) is 10.2 Å². The highest BCUT2D eigenvalue weighted by molar-refractivity contribution is 8.00. The zero-order valence-electron chi connectivity index (χ0n) is 10.7. The summed E-state index contributed by atoms with van der Waals surface area (Å²) in [5.41, 5.74) is 0.0771. The molecule has 0 bridgehead atoms. The molecule has 0 aliphatic heterocycles. The Morgan fingerprint density at radius 2 is 2.15 bits per heavy atom. The first-order chi connectivity index (χ1) is 9.40. The van der Waals surface area contributed by atoms with Crippen LogP contribution in [0.2, 0.25) is 10.0 Å². The van der Waals surface area contributed by atoms with Crippen molar-refractivity contribution in [1.29, 1.82) is 0 Å². The van der Waals surface area contributed by atoms with Crippen LogP contribution in [0.15, 0.2) is 28.2 Å². The molecule has 0 aliphatic rings. The molecule has 20 heavy (non-hydrogen) atoms. The molecule has 2 rings (SSSR count).